The fraction of sp³-hybridized carbons (Fsp3) is 0.0714. The molecule has 0 radical (unpaired) electrons. The summed E-state index contributed by atoms with van der Waals surface area (Å²) in [4.78, 5) is 0. The largest absolute Gasteiger partial charge is 0.399 e. The van der Waals surface area contributed by atoms with Crippen molar-refractivity contribution >= 4 is 5.69 Å². The zero-order valence-electron chi connectivity index (χ0n) is 11.1. The number of anilines is 1. The van der Waals surface area contributed by atoms with Gasteiger partial charge in [-0.15, -0.1) is 5.10 Å². The molecule has 0 aliphatic carbocycles. The monoisotopic (exact) mass is 287 g/mol. The molecule has 0 amide bonds. The Labute approximate surface area is 119 Å². The van der Waals surface area contributed by atoms with E-state index in [2.05, 4.69) is 15.5 Å². The average molecular weight is 287 g/mol. The number of nitrogens with two attached hydrogens (primary N) is 1. The Kier molecular flexibility index (Phi) is 3.09. The number of benzene rings is 2. The maximum absolute atomic E-state index is 13.9. The van der Waals surface area contributed by atoms with E-state index in [1.54, 1.807) is 18.2 Å². The third-order valence-electron chi connectivity index (χ3n) is 3.10. The highest BCUT2D eigenvalue weighted by atomic mass is 19.1. The van der Waals surface area contributed by atoms with Crippen LogP contribution in [0.2, 0.25) is 0 Å². The third-order valence-corrected chi connectivity index (χ3v) is 3.10. The summed E-state index contributed by atoms with van der Waals surface area (Å²) in [5.41, 5.74) is 7.98. The second kappa shape index (κ2) is 4.93. The summed E-state index contributed by atoms with van der Waals surface area (Å²) in [6.45, 7) is 1.85. The molecule has 3 rings (SSSR count). The molecule has 0 aliphatic rings. The maximum atomic E-state index is 13.9. The lowest BCUT2D eigenvalue weighted by Gasteiger charge is -2.08. The quantitative estimate of drug-likeness (QED) is 0.735. The second-order valence-corrected chi connectivity index (χ2v) is 4.58. The minimum Gasteiger partial charge on any atom is -0.399 e. The number of nitrogen functional groups attached to an aromatic ring is 1. The van der Waals surface area contributed by atoms with Crippen molar-refractivity contribution < 1.29 is 8.78 Å². The van der Waals surface area contributed by atoms with E-state index < -0.39 is 11.6 Å². The van der Waals surface area contributed by atoms with Gasteiger partial charge in [0.1, 0.15) is 11.5 Å². The number of rotatable bonds is 2. The zero-order chi connectivity index (χ0) is 15.0. The standard InChI is InChI=1S/C14H11F2N5/c1-8-6-10(17)3-4-11(8)14-18-19-20-21(14)13-5-2-9(15)7-12(13)16/h2-7H,17H2,1H3. The molecule has 106 valence electrons. The molecule has 2 aromatic carbocycles. The van der Waals surface area contributed by atoms with Gasteiger partial charge in [0.25, 0.3) is 0 Å². The van der Waals surface area contributed by atoms with Crippen molar-refractivity contribution in [1.29, 1.82) is 0 Å². The fourth-order valence-corrected chi connectivity index (χ4v) is 2.11. The molecule has 7 heteroatoms. The van der Waals surface area contributed by atoms with Crippen molar-refractivity contribution in [2.45, 2.75) is 6.92 Å². The highest BCUT2D eigenvalue weighted by molar-refractivity contribution is 5.65. The van der Waals surface area contributed by atoms with Gasteiger partial charge in [-0.25, -0.2) is 8.78 Å². The van der Waals surface area contributed by atoms with Crippen molar-refractivity contribution in [2.75, 3.05) is 5.73 Å². The van der Waals surface area contributed by atoms with E-state index in [0.717, 1.165) is 23.3 Å². The van der Waals surface area contributed by atoms with Crippen LogP contribution in [0.1, 0.15) is 5.56 Å². The molecular formula is C14H11F2N5. The highest BCUT2D eigenvalue weighted by Gasteiger charge is 2.16. The van der Waals surface area contributed by atoms with Crippen molar-refractivity contribution in [2.24, 2.45) is 0 Å². The van der Waals surface area contributed by atoms with Gasteiger partial charge in [-0.05, 0) is 53.2 Å². The van der Waals surface area contributed by atoms with Crippen molar-refractivity contribution in [3.05, 3.63) is 53.6 Å². The van der Waals surface area contributed by atoms with Crippen LogP contribution >= 0.6 is 0 Å². The van der Waals surface area contributed by atoms with Gasteiger partial charge in [-0.1, -0.05) is 0 Å². The van der Waals surface area contributed by atoms with E-state index in [1.165, 1.54) is 10.7 Å². The molecule has 0 fully saturated rings. The van der Waals surface area contributed by atoms with Gasteiger partial charge >= 0.3 is 0 Å². The Morgan fingerprint density at radius 1 is 1.10 bits per heavy atom. The van der Waals surface area contributed by atoms with Gasteiger partial charge < -0.3 is 5.73 Å². The number of nitrogens with zero attached hydrogens (tertiary/aromatic N) is 4. The van der Waals surface area contributed by atoms with Crippen LogP contribution in [0.3, 0.4) is 0 Å². The Morgan fingerprint density at radius 2 is 1.90 bits per heavy atom. The van der Waals surface area contributed by atoms with E-state index in [-0.39, 0.29) is 5.69 Å². The van der Waals surface area contributed by atoms with E-state index in [0.29, 0.717) is 11.5 Å². The molecule has 0 saturated carbocycles. The molecule has 21 heavy (non-hydrogen) atoms. The van der Waals surface area contributed by atoms with Crippen LogP contribution in [0.25, 0.3) is 17.1 Å². The van der Waals surface area contributed by atoms with Crippen molar-refractivity contribution in [3.8, 4) is 17.1 Å². The molecule has 1 heterocycles. The topological polar surface area (TPSA) is 69.6 Å². The summed E-state index contributed by atoms with van der Waals surface area (Å²) >= 11 is 0. The predicted octanol–water partition coefficient (Wildman–Crippen LogP) is 2.50. The highest BCUT2D eigenvalue weighted by Crippen LogP contribution is 2.25. The van der Waals surface area contributed by atoms with Crippen LogP contribution in [0, 0.1) is 18.6 Å². The number of aryl methyl sites for hydroxylation is 1. The van der Waals surface area contributed by atoms with Gasteiger partial charge in [-0.2, -0.15) is 4.68 Å². The summed E-state index contributed by atoms with van der Waals surface area (Å²) in [6.07, 6.45) is 0. The number of halogens is 2. The number of aromatic nitrogens is 4. The van der Waals surface area contributed by atoms with Gasteiger partial charge in [0.2, 0.25) is 0 Å². The molecule has 0 aliphatic heterocycles. The SMILES string of the molecule is Cc1cc(N)ccc1-c1nnnn1-c1ccc(F)cc1F. The Hall–Kier alpha value is -2.83. The number of hydrogen-bond donors (Lipinski definition) is 1. The van der Waals surface area contributed by atoms with Gasteiger partial charge in [0.15, 0.2) is 11.6 Å². The van der Waals surface area contributed by atoms with Gasteiger partial charge in [-0.3, -0.25) is 0 Å². The number of hydrogen-bond acceptors (Lipinski definition) is 4. The first-order valence-electron chi connectivity index (χ1n) is 6.16. The first-order chi connectivity index (χ1) is 10.1. The number of tetrazole rings is 1. The lowest BCUT2D eigenvalue weighted by atomic mass is 10.1. The van der Waals surface area contributed by atoms with Crippen LogP contribution < -0.4 is 5.73 Å². The average Bonchev–Trinajstić information content (AvgIpc) is 2.87. The minimum atomic E-state index is -0.739. The minimum absolute atomic E-state index is 0.0765. The van der Waals surface area contributed by atoms with Crippen molar-refractivity contribution in [3.63, 3.8) is 0 Å². The normalized spacial score (nSPS) is 10.8. The molecule has 1 aromatic heterocycles. The molecule has 3 aromatic rings. The first kappa shape index (κ1) is 13.2. The lowest BCUT2D eigenvalue weighted by molar-refractivity contribution is 0.572. The van der Waals surface area contributed by atoms with E-state index >= 15 is 0 Å². The van der Waals surface area contributed by atoms with E-state index in [9.17, 15) is 8.78 Å². The van der Waals surface area contributed by atoms with Crippen LogP contribution in [-0.4, -0.2) is 20.2 Å². The Bertz CT molecular complexity index is 747. The molecule has 0 bridgehead atoms. The van der Waals surface area contributed by atoms with Crippen LogP contribution in [0.5, 0.6) is 0 Å². The Balaban J connectivity index is 2.17. The summed E-state index contributed by atoms with van der Waals surface area (Å²) in [5, 5.41) is 11.3. The molecule has 0 atom stereocenters. The maximum Gasteiger partial charge on any atom is 0.187 e. The summed E-state index contributed by atoms with van der Waals surface area (Å²) in [5.74, 6) is -1.04. The lowest BCUT2D eigenvalue weighted by Crippen LogP contribution is -2.04. The van der Waals surface area contributed by atoms with Crippen molar-refractivity contribution in [1.82, 2.24) is 20.2 Å². The second-order valence-electron chi connectivity index (χ2n) is 4.58. The smallest absolute Gasteiger partial charge is 0.187 e. The van der Waals surface area contributed by atoms with Crippen LogP contribution in [-0.2, 0) is 0 Å². The molecular weight excluding hydrogens is 276 g/mol. The van der Waals surface area contributed by atoms with Gasteiger partial charge in [0, 0.05) is 17.3 Å². The fourth-order valence-electron chi connectivity index (χ4n) is 2.11. The first-order valence-corrected chi connectivity index (χ1v) is 6.16. The molecule has 5 nitrogen and oxygen atoms in total. The zero-order valence-corrected chi connectivity index (χ0v) is 11.1. The molecule has 0 saturated heterocycles. The summed E-state index contributed by atoms with van der Waals surface area (Å²) < 4.78 is 28.1. The predicted molar refractivity (Wildman–Crippen MR) is 73.7 cm³/mol. The summed E-state index contributed by atoms with van der Waals surface area (Å²) in [6, 6.07) is 8.47. The van der Waals surface area contributed by atoms with E-state index in [1.807, 2.05) is 6.92 Å². The van der Waals surface area contributed by atoms with E-state index in [4.69, 9.17) is 5.73 Å². The molecule has 0 unspecified atom stereocenters. The third kappa shape index (κ3) is 2.33. The van der Waals surface area contributed by atoms with Gasteiger partial charge in [0.05, 0.1) is 0 Å². The Morgan fingerprint density at radius 3 is 2.62 bits per heavy atom. The molecule has 2 N–H and O–H groups in total. The van der Waals surface area contributed by atoms with Crippen LogP contribution in [0.4, 0.5) is 14.5 Å². The summed E-state index contributed by atoms with van der Waals surface area (Å²) in [7, 11) is 0. The molecule has 0 spiro atoms. The van der Waals surface area contributed by atoms with Crippen LogP contribution in [0.15, 0.2) is 36.4 Å².